The van der Waals surface area contributed by atoms with Crippen LogP contribution in [0.3, 0.4) is 0 Å². The Kier molecular flexibility index (Phi) is 5.18. The molecule has 1 aliphatic heterocycles. The lowest BCUT2D eigenvalue weighted by Gasteiger charge is -2.38. The molecule has 4 nitrogen and oxygen atoms in total. The van der Waals surface area contributed by atoms with Gasteiger partial charge in [0.15, 0.2) is 0 Å². The zero-order valence-corrected chi connectivity index (χ0v) is 11.4. The van der Waals surface area contributed by atoms with Crippen LogP contribution in [0.4, 0.5) is 0 Å². The molecule has 1 saturated heterocycles. The summed E-state index contributed by atoms with van der Waals surface area (Å²) in [5.74, 6) is 0. The normalized spacial score (nSPS) is 27.2. The summed E-state index contributed by atoms with van der Waals surface area (Å²) in [4.78, 5) is 7.10. The number of rotatable bonds is 6. The molecule has 1 unspecified atom stereocenters. The smallest absolute Gasteiger partial charge is 0.0467 e. The van der Waals surface area contributed by atoms with Crippen LogP contribution in [-0.4, -0.2) is 81.2 Å². The van der Waals surface area contributed by atoms with Gasteiger partial charge < -0.3 is 15.5 Å². The molecule has 0 aromatic rings. The lowest BCUT2D eigenvalue weighted by atomic mass is 9.96. The van der Waals surface area contributed by atoms with E-state index in [-0.39, 0.29) is 5.54 Å². The predicted octanol–water partition coefficient (Wildman–Crippen LogP) is -0.0971. The Morgan fingerprint density at radius 1 is 1.25 bits per heavy atom. The molecule has 1 rings (SSSR count). The summed E-state index contributed by atoms with van der Waals surface area (Å²) in [5, 5.41) is 0. The van der Waals surface area contributed by atoms with Gasteiger partial charge in [0.2, 0.25) is 0 Å². The van der Waals surface area contributed by atoms with E-state index < -0.39 is 0 Å². The highest BCUT2D eigenvalue weighted by atomic mass is 15.3. The number of nitrogens with zero attached hydrogens (tertiary/aromatic N) is 3. The molecule has 0 aliphatic carbocycles. The van der Waals surface area contributed by atoms with Crippen molar-refractivity contribution in [3.63, 3.8) is 0 Å². The Morgan fingerprint density at radius 3 is 2.38 bits per heavy atom. The molecule has 1 fully saturated rings. The fourth-order valence-corrected chi connectivity index (χ4v) is 2.55. The number of hydrogen-bond donors (Lipinski definition) is 1. The molecule has 0 saturated carbocycles. The Labute approximate surface area is 100 Å². The first-order valence-electron chi connectivity index (χ1n) is 6.25. The van der Waals surface area contributed by atoms with Gasteiger partial charge in [-0.05, 0) is 60.7 Å². The highest BCUT2D eigenvalue weighted by molar-refractivity contribution is 4.98. The van der Waals surface area contributed by atoms with Crippen molar-refractivity contribution in [1.82, 2.24) is 14.7 Å². The maximum atomic E-state index is 5.98. The first-order chi connectivity index (χ1) is 7.50. The summed E-state index contributed by atoms with van der Waals surface area (Å²) >= 11 is 0. The largest absolute Gasteiger partial charge is 0.329 e. The first-order valence-corrected chi connectivity index (χ1v) is 6.25. The lowest BCUT2D eigenvalue weighted by Crippen LogP contribution is -2.54. The van der Waals surface area contributed by atoms with Gasteiger partial charge in [-0.15, -0.1) is 0 Å². The number of likely N-dealkylation sites (N-methyl/N-ethyl adjacent to an activating group) is 2. The molecule has 4 heteroatoms. The number of likely N-dealkylation sites (tertiary alicyclic amines) is 1. The third-order valence-corrected chi connectivity index (χ3v) is 3.81. The molecule has 1 heterocycles. The zero-order valence-electron chi connectivity index (χ0n) is 11.4. The Hall–Kier alpha value is -0.160. The van der Waals surface area contributed by atoms with Gasteiger partial charge in [-0.2, -0.15) is 0 Å². The van der Waals surface area contributed by atoms with Crippen LogP contribution in [0.1, 0.15) is 12.8 Å². The van der Waals surface area contributed by atoms with Crippen LogP contribution in [0.15, 0.2) is 0 Å². The number of nitrogens with two attached hydrogens (primary N) is 1. The molecule has 0 spiro atoms. The summed E-state index contributed by atoms with van der Waals surface area (Å²) in [6.45, 7) is 5.36. The van der Waals surface area contributed by atoms with E-state index in [1.54, 1.807) is 0 Å². The fourth-order valence-electron chi connectivity index (χ4n) is 2.55. The minimum absolute atomic E-state index is 0.223. The third kappa shape index (κ3) is 3.42. The summed E-state index contributed by atoms with van der Waals surface area (Å²) in [6.07, 6.45) is 2.42. The lowest BCUT2D eigenvalue weighted by molar-refractivity contribution is 0.128. The maximum Gasteiger partial charge on any atom is 0.0467 e. The van der Waals surface area contributed by atoms with Gasteiger partial charge in [-0.25, -0.2) is 0 Å². The van der Waals surface area contributed by atoms with Crippen molar-refractivity contribution < 1.29 is 0 Å². The maximum absolute atomic E-state index is 5.98. The van der Waals surface area contributed by atoms with Gasteiger partial charge in [0.25, 0.3) is 0 Å². The monoisotopic (exact) mass is 228 g/mol. The topological polar surface area (TPSA) is 35.7 Å². The van der Waals surface area contributed by atoms with Gasteiger partial charge in [0.05, 0.1) is 0 Å². The van der Waals surface area contributed by atoms with Crippen LogP contribution < -0.4 is 5.73 Å². The van der Waals surface area contributed by atoms with Gasteiger partial charge >= 0.3 is 0 Å². The van der Waals surface area contributed by atoms with E-state index in [9.17, 15) is 0 Å². The summed E-state index contributed by atoms with van der Waals surface area (Å²) in [5.41, 5.74) is 6.21. The molecule has 1 aliphatic rings. The van der Waals surface area contributed by atoms with Crippen molar-refractivity contribution in [3.05, 3.63) is 0 Å². The molecule has 0 bridgehead atoms. The molecule has 96 valence electrons. The SMILES string of the molecule is CN(C)CCCN(C)C1(CN)CCN(C)C1. The van der Waals surface area contributed by atoms with Crippen LogP contribution in [0.2, 0.25) is 0 Å². The van der Waals surface area contributed by atoms with Crippen LogP contribution in [0, 0.1) is 0 Å². The molecule has 2 N–H and O–H groups in total. The van der Waals surface area contributed by atoms with Crippen molar-refractivity contribution in [2.75, 3.05) is 60.9 Å². The fraction of sp³-hybridized carbons (Fsp3) is 1.00. The average molecular weight is 228 g/mol. The van der Waals surface area contributed by atoms with E-state index in [4.69, 9.17) is 5.73 Å². The van der Waals surface area contributed by atoms with Crippen molar-refractivity contribution in [1.29, 1.82) is 0 Å². The minimum atomic E-state index is 0.223. The highest BCUT2D eigenvalue weighted by Crippen LogP contribution is 2.25. The Bertz CT molecular complexity index is 207. The van der Waals surface area contributed by atoms with Gasteiger partial charge in [-0.1, -0.05) is 0 Å². The van der Waals surface area contributed by atoms with E-state index in [0.29, 0.717) is 0 Å². The Balaban J connectivity index is 2.41. The molecule has 0 radical (unpaired) electrons. The summed E-state index contributed by atoms with van der Waals surface area (Å²) in [6, 6.07) is 0. The third-order valence-electron chi connectivity index (χ3n) is 3.81. The minimum Gasteiger partial charge on any atom is -0.329 e. The second-order valence-corrected chi connectivity index (χ2v) is 5.49. The second kappa shape index (κ2) is 5.96. The molecular weight excluding hydrogens is 200 g/mol. The van der Waals surface area contributed by atoms with Crippen LogP contribution in [0.25, 0.3) is 0 Å². The number of hydrogen-bond acceptors (Lipinski definition) is 4. The predicted molar refractivity (Wildman–Crippen MR) is 69.7 cm³/mol. The van der Waals surface area contributed by atoms with E-state index in [1.165, 1.54) is 19.4 Å². The summed E-state index contributed by atoms with van der Waals surface area (Å²) < 4.78 is 0. The van der Waals surface area contributed by atoms with Crippen LogP contribution in [-0.2, 0) is 0 Å². The van der Waals surface area contributed by atoms with Gasteiger partial charge in [0.1, 0.15) is 0 Å². The zero-order chi connectivity index (χ0) is 12.2. The van der Waals surface area contributed by atoms with Crippen molar-refractivity contribution >= 4 is 0 Å². The van der Waals surface area contributed by atoms with E-state index in [0.717, 1.165) is 26.2 Å². The van der Waals surface area contributed by atoms with Crippen molar-refractivity contribution in [2.24, 2.45) is 5.73 Å². The van der Waals surface area contributed by atoms with Crippen LogP contribution in [0.5, 0.6) is 0 Å². The van der Waals surface area contributed by atoms with E-state index in [2.05, 4.69) is 42.9 Å². The molecule has 0 aromatic heterocycles. The van der Waals surface area contributed by atoms with E-state index >= 15 is 0 Å². The first kappa shape index (κ1) is 13.9. The van der Waals surface area contributed by atoms with E-state index in [1.807, 2.05) is 0 Å². The average Bonchev–Trinajstić information content (AvgIpc) is 2.60. The van der Waals surface area contributed by atoms with Crippen molar-refractivity contribution in [2.45, 2.75) is 18.4 Å². The second-order valence-electron chi connectivity index (χ2n) is 5.49. The summed E-state index contributed by atoms with van der Waals surface area (Å²) in [7, 11) is 8.66. The van der Waals surface area contributed by atoms with Crippen molar-refractivity contribution in [3.8, 4) is 0 Å². The molecule has 1 atom stereocenters. The molecule has 16 heavy (non-hydrogen) atoms. The quantitative estimate of drug-likeness (QED) is 0.689. The molecule has 0 aromatic carbocycles. The van der Waals surface area contributed by atoms with Gasteiger partial charge in [-0.3, -0.25) is 4.90 Å². The highest BCUT2D eigenvalue weighted by Gasteiger charge is 2.38. The molecule has 0 amide bonds. The van der Waals surface area contributed by atoms with Gasteiger partial charge in [0, 0.05) is 18.6 Å². The Morgan fingerprint density at radius 2 is 1.94 bits per heavy atom. The van der Waals surface area contributed by atoms with Crippen LogP contribution >= 0.6 is 0 Å². The standard InChI is InChI=1S/C12H28N4/c1-14(2)7-5-8-16(4)12(10-13)6-9-15(3)11-12/h5-11,13H2,1-4H3. The molecular formula is C12H28N4.